The molecule has 13 heavy (non-hydrogen) atoms. The molecule has 0 aromatic carbocycles. The van der Waals surface area contributed by atoms with Gasteiger partial charge in [0, 0.05) is 32.2 Å². The maximum absolute atomic E-state index is 4.13. The maximum atomic E-state index is 4.13. The van der Waals surface area contributed by atoms with E-state index in [-0.39, 0.29) is 0 Å². The lowest BCUT2D eigenvalue weighted by molar-refractivity contribution is 0.431. The molecule has 68 valence electrons. The fourth-order valence-electron chi connectivity index (χ4n) is 1.69. The summed E-state index contributed by atoms with van der Waals surface area (Å²) in [5.41, 5.74) is 2.66. The van der Waals surface area contributed by atoms with Crippen LogP contribution >= 0.6 is 0 Å². The van der Waals surface area contributed by atoms with Gasteiger partial charge in [-0.1, -0.05) is 6.07 Å². The van der Waals surface area contributed by atoms with Crippen molar-refractivity contribution in [2.45, 2.75) is 12.8 Å². The van der Waals surface area contributed by atoms with Crippen LogP contribution in [0, 0.1) is 0 Å². The van der Waals surface area contributed by atoms with Gasteiger partial charge >= 0.3 is 0 Å². The summed E-state index contributed by atoms with van der Waals surface area (Å²) >= 11 is 0. The van der Waals surface area contributed by atoms with Crippen molar-refractivity contribution < 1.29 is 0 Å². The first kappa shape index (κ1) is 8.30. The Morgan fingerprint density at radius 2 is 2.38 bits per heavy atom. The molecular formula is C11H14N2. The standard InChI is InChI=1S/C11H14N2/c1-13-7-3-5-11(9-13)10-4-2-6-12-8-10/h2,4,6,8-9H,3,5,7H2,1H3. The molecule has 0 amide bonds. The predicted molar refractivity (Wildman–Crippen MR) is 54.1 cm³/mol. The number of hydrogen-bond acceptors (Lipinski definition) is 2. The van der Waals surface area contributed by atoms with Gasteiger partial charge in [-0.05, 0) is 30.0 Å². The molecule has 0 unspecified atom stereocenters. The van der Waals surface area contributed by atoms with Crippen molar-refractivity contribution in [1.82, 2.24) is 9.88 Å². The first-order valence-corrected chi connectivity index (χ1v) is 4.67. The van der Waals surface area contributed by atoms with Gasteiger partial charge in [0.05, 0.1) is 0 Å². The van der Waals surface area contributed by atoms with Crippen molar-refractivity contribution in [2.24, 2.45) is 0 Å². The van der Waals surface area contributed by atoms with Gasteiger partial charge in [0.1, 0.15) is 0 Å². The Hall–Kier alpha value is -1.31. The zero-order chi connectivity index (χ0) is 9.10. The minimum atomic E-state index is 1.17. The summed E-state index contributed by atoms with van der Waals surface area (Å²) in [4.78, 5) is 6.37. The van der Waals surface area contributed by atoms with Crippen LogP contribution in [0.3, 0.4) is 0 Å². The van der Waals surface area contributed by atoms with Crippen LogP contribution in [0.5, 0.6) is 0 Å². The van der Waals surface area contributed by atoms with Gasteiger partial charge in [0.25, 0.3) is 0 Å². The van der Waals surface area contributed by atoms with E-state index in [4.69, 9.17) is 0 Å². The molecule has 2 rings (SSSR count). The Balaban J connectivity index is 2.26. The van der Waals surface area contributed by atoms with Crippen LogP contribution in [0.4, 0.5) is 0 Å². The number of pyridine rings is 1. The summed E-state index contributed by atoms with van der Waals surface area (Å²) in [5, 5.41) is 0. The molecule has 0 saturated carbocycles. The molecule has 0 fully saturated rings. The number of aromatic nitrogens is 1. The van der Waals surface area contributed by atoms with E-state index in [1.54, 1.807) is 0 Å². The molecular weight excluding hydrogens is 160 g/mol. The van der Waals surface area contributed by atoms with Crippen molar-refractivity contribution in [3.63, 3.8) is 0 Å². The van der Waals surface area contributed by atoms with Gasteiger partial charge in [0.2, 0.25) is 0 Å². The molecule has 0 atom stereocenters. The quantitative estimate of drug-likeness (QED) is 0.648. The smallest absolute Gasteiger partial charge is 0.0343 e. The van der Waals surface area contributed by atoms with Crippen LogP contribution < -0.4 is 0 Å². The Morgan fingerprint density at radius 1 is 1.46 bits per heavy atom. The van der Waals surface area contributed by atoms with Crippen LogP contribution in [0.25, 0.3) is 5.57 Å². The number of allylic oxidation sites excluding steroid dienone is 1. The average Bonchev–Trinajstić information content (AvgIpc) is 2.19. The van der Waals surface area contributed by atoms with E-state index in [0.717, 1.165) is 0 Å². The molecule has 0 bridgehead atoms. The summed E-state index contributed by atoms with van der Waals surface area (Å²) in [7, 11) is 2.12. The van der Waals surface area contributed by atoms with Gasteiger partial charge in [-0.15, -0.1) is 0 Å². The molecule has 0 aliphatic carbocycles. The molecule has 2 nitrogen and oxygen atoms in total. The van der Waals surface area contributed by atoms with E-state index in [1.807, 2.05) is 18.5 Å². The van der Waals surface area contributed by atoms with Gasteiger partial charge in [-0.25, -0.2) is 0 Å². The van der Waals surface area contributed by atoms with Crippen LogP contribution in [-0.4, -0.2) is 23.5 Å². The van der Waals surface area contributed by atoms with E-state index in [9.17, 15) is 0 Å². The van der Waals surface area contributed by atoms with E-state index in [1.165, 1.54) is 30.5 Å². The second-order valence-electron chi connectivity index (χ2n) is 3.48. The van der Waals surface area contributed by atoms with E-state index >= 15 is 0 Å². The highest BCUT2D eigenvalue weighted by atomic mass is 15.1. The fourth-order valence-corrected chi connectivity index (χ4v) is 1.69. The van der Waals surface area contributed by atoms with E-state index in [2.05, 4.69) is 29.2 Å². The van der Waals surface area contributed by atoms with Gasteiger partial charge in [-0.2, -0.15) is 0 Å². The van der Waals surface area contributed by atoms with Crippen LogP contribution in [0.15, 0.2) is 30.7 Å². The molecule has 1 aliphatic rings. The Bertz CT molecular complexity index is 303. The largest absolute Gasteiger partial charge is 0.380 e. The van der Waals surface area contributed by atoms with Crippen LogP contribution in [0.1, 0.15) is 18.4 Å². The number of nitrogens with zero attached hydrogens (tertiary/aromatic N) is 2. The minimum Gasteiger partial charge on any atom is -0.380 e. The summed E-state index contributed by atoms with van der Waals surface area (Å²) in [5.74, 6) is 0. The van der Waals surface area contributed by atoms with Gasteiger partial charge in [-0.3, -0.25) is 4.98 Å². The molecule has 2 heterocycles. The number of rotatable bonds is 1. The fraction of sp³-hybridized carbons (Fsp3) is 0.364. The SMILES string of the molecule is CN1C=C(c2cccnc2)CCC1. The van der Waals surface area contributed by atoms with E-state index in [0.29, 0.717) is 0 Å². The van der Waals surface area contributed by atoms with Gasteiger partial charge in [0.15, 0.2) is 0 Å². The maximum Gasteiger partial charge on any atom is 0.0343 e. The van der Waals surface area contributed by atoms with Crippen molar-refractivity contribution in [1.29, 1.82) is 0 Å². The van der Waals surface area contributed by atoms with Crippen LogP contribution in [0.2, 0.25) is 0 Å². The molecule has 1 aliphatic heterocycles. The third kappa shape index (κ3) is 1.89. The molecule has 1 aromatic heterocycles. The second kappa shape index (κ2) is 3.60. The lowest BCUT2D eigenvalue weighted by Crippen LogP contribution is -2.17. The molecule has 1 aromatic rings. The molecule has 2 heteroatoms. The predicted octanol–water partition coefficient (Wildman–Crippen LogP) is 2.15. The summed E-state index contributed by atoms with van der Waals surface area (Å²) < 4.78 is 0. The van der Waals surface area contributed by atoms with Gasteiger partial charge < -0.3 is 4.90 Å². The summed E-state index contributed by atoms with van der Waals surface area (Å²) in [6.07, 6.45) is 8.40. The van der Waals surface area contributed by atoms with Crippen molar-refractivity contribution in [2.75, 3.05) is 13.6 Å². The van der Waals surface area contributed by atoms with Crippen LogP contribution in [-0.2, 0) is 0 Å². The Kier molecular flexibility index (Phi) is 2.30. The Morgan fingerprint density at radius 3 is 3.08 bits per heavy atom. The summed E-state index contributed by atoms with van der Waals surface area (Å²) in [6.45, 7) is 1.17. The van der Waals surface area contributed by atoms with Crippen molar-refractivity contribution >= 4 is 5.57 Å². The normalized spacial score (nSPS) is 17.0. The van der Waals surface area contributed by atoms with E-state index < -0.39 is 0 Å². The highest BCUT2D eigenvalue weighted by Gasteiger charge is 2.08. The monoisotopic (exact) mass is 174 g/mol. The number of hydrogen-bond donors (Lipinski definition) is 0. The molecule has 0 radical (unpaired) electrons. The topological polar surface area (TPSA) is 16.1 Å². The first-order chi connectivity index (χ1) is 6.36. The molecule has 0 spiro atoms. The highest BCUT2D eigenvalue weighted by molar-refractivity contribution is 5.64. The lowest BCUT2D eigenvalue weighted by atomic mass is 10.0. The zero-order valence-corrected chi connectivity index (χ0v) is 7.90. The zero-order valence-electron chi connectivity index (χ0n) is 7.90. The van der Waals surface area contributed by atoms with Crippen molar-refractivity contribution in [3.8, 4) is 0 Å². The lowest BCUT2D eigenvalue weighted by Gasteiger charge is -2.22. The second-order valence-corrected chi connectivity index (χ2v) is 3.48. The Labute approximate surface area is 78.9 Å². The minimum absolute atomic E-state index is 1.17. The molecule has 0 N–H and O–H groups in total. The van der Waals surface area contributed by atoms with Crippen molar-refractivity contribution in [3.05, 3.63) is 36.3 Å². The third-order valence-electron chi connectivity index (χ3n) is 2.37. The third-order valence-corrected chi connectivity index (χ3v) is 2.37. The summed E-state index contributed by atoms with van der Waals surface area (Å²) in [6, 6.07) is 4.11. The average molecular weight is 174 g/mol. The first-order valence-electron chi connectivity index (χ1n) is 4.67. The molecule has 0 saturated heterocycles. The highest BCUT2D eigenvalue weighted by Crippen LogP contribution is 2.22.